The van der Waals surface area contributed by atoms with Crippen molar-refractivity contribution in [2.24, 2.45) is 5.92 Å². The Balaban J connectivity index is 1.91. The van der Waals surface area contributed by atoms with Gasteiger partial charge in [0.05, 0.1) is 6.61 Å². The molecule has 1 saturated heterocycles. The number of ether oxygens (including phenoxy) is 1. The molecule has 2 rings (SSSR count). The van der Waals surface area contributed by atoms with E-state index >= 15 is 0 Å². The number of fused-ring (bicyclic) bond motifs is 1. The number of esters is 1. The predicted molar refractivity (Wildman–Crippen MR) is 76.0 cm³/mol. The lowest BCUT2D eigenvalue weighted by molar-refractivity contribution is -0.146. The largest absolute Gasteiger partial charge is 0.465 e. The highest BCUT2D eigenvalue weighted by Gasteiger charge is 2.37. The second-order valence-electron chi connectivity index (χ2n) is 5.76. The first-order chi connectivity index (χ1) is 9.26. The number of likely N-dealkylation sites (N-methyl/N-ethyl adjacent to an activating group) is 1. The highest BCUT2D eigenvalue weighted by Crippen LogP contribution is 2.36. The zero-order valence-electron chi connectivity index (χ0n) is 12.4. The molecule has 1 heterocycles. The van der Waals surface area contributed by atoms with Gasteiger partial charge in [-0.3, -0.25) is 9.69 Å². The van der Waals surface area contributed by atoms with Gasteiger partial charge in [-0.25, -0.2) is 0 Å². The van der Waals surface area contributed by atoms with Crippen LogP contribution in [0, 0.1) is 5.92 Å². The van der Waals surface area contributed by atoms with Gasteiger partial charge in [0, 0.05) is 12.6 Å². The maximum absolute atomic E-state index is 12.0. The summed E-state index contributed by atoms with van der Waals surface area (Å²) in [5.74, 6) is 0.779. The van der Waals surface area contributed by atoms with E-state index in [0.29, 0.717) is 12.6 Å². The highest BCUT2D eigenvalue weighted by molar-refractivity contribution is 5.76. The second-order valence-corrected chi connectivity index (χ2v) is 5.76. The molecule has 1 aliphatic heterocycles. The van der Waals surface area contributed by atoms with Gasteiger partial charge in [0.25, 0.3) is 0 Å². The number of nitrogens with zero attached hydrogens (tertiary/aromatic N) is 1. The maximum Gasteiger partial charge on any atom is 0.324 e. The molecule has 1 aliphatic carbocycles. The SMILES string of the molecule is CCNC(CN1CCC2CCCCC21)C(=O)OCC. The van der Waals surface area contributed by atoms with Crippen molar-refractivity contribution in [3.05, 3.63) is 0 Å². The third kappa shape index (κ3) is 3.69. The summed E-state index contributed by atoms with van der Waals surface area (Å²) in [6.07, 6.45) is 6.75. The molecule has 0 aromatic carbocycles. The van der Waals surface area contributed by atoms with E-state index in [0.717, 1.165) is 25.6 Å². The van der Waals surface area contributed by atoms with E-state index in [1.165, 1.54) is 32.1 Å². The van der Waals surface area contributed by atoms with Crippen molar-refractivity contribution in [1.29, 1.82) is 0 Å². The molecule has 1 N–H and O–H groups in total. The molecule has 19 heavy (non-hydrogen) atoms. The zero-order chi connectivity index (χ0) is 13.7. The van der Waals surface area contributed by atoms with Crippen LogP contribution in [0.15, 0.2) is 0 Å². The van der Waals surface area contributed by atoms with Gasteiger partial charge < -0.3 is 10.1 Å². The molecular weight excluding hydrogens is 240 g/mol. The Morgan fingerprint density at radius 3 is 2.84 bits per heavy atom. The second kappa shape index (κ2) is 7.25. The van der Waals surface area contributed by atoms with E-state index in [4.69, 9.17) is 4.74 Å². The van der Waals surface area contributed by atoms with E-state index in [1.54, 1.807) is 0 Å². The van der Waals surface area contributed by atoms with E-state index < -0.39 is 0 Å². The molecule has 3 atom stereocenters. The van der Waals surface area contributed by atoms with Crippen molar-refractivity contribution in [3.63, 3.8) is 0 Å². The van der Waals surface area contributed by atoms with Crippen LogP contribution in [0.2, 0.25) is 0 Å². The number of hydrogen-bond donors (Lipinski definition) is 1. The van der Waals surface area contributed by atoms with Crippen LogP contribution in [0.3, 0.4) is 0 Å². The number of rotatable bonds is 6. The van der Waals surface area contributed by atoms with Crippen LogP contribution in [-0.2, 0) is 9.53 Å². The first-order valence-electron chi connectivity index (χ1n) is 7.90. The number of carbonyl (C=O) groups excluding carboxylic acids is 1. The normalized spacial score (nSPS) is 28.9. The van der Waals surface area contributed by atoms with Crippen molar-refractivity contribution in [2.45, 2.75) is 58.0 Å². The molecule has 3 unspecified atom stereocenters. The lowest BCUT2D eigenvalue weighted by Crippen LogP contribution is -2.49. The molecule has 0 spiro atoms. The Labute approximate surface area is 116 Å². The molecule has 0 aromatic rings. The van der Waals surface area contributed by atoms with Gasteiger partial charge in [0.2, 0.25) is 0 Å². The van der Waals surface area contributed by atoms with Crippen LogP contribution in [0.25, 0.3) is 0 Å². The molecule has 0 aromatic heterocycles. The smallest absolute Gasteiger partial charge is 0.324 e. The van der Waals surface area contributed by atoms with Gasteiger partial charge in [-0.1, -0.05) is 19.8 Å². The summed E-state index contributed by atoms with van der Waals surface area (Å²) in [5, 5.41) is 3.27. The molecule has 1 saturated carbocycles. The lowest BCUT2D eigenvalue weighted by Gasteiger charge is -2.33. The fraction of sp³-hybridized carbons (Fsp3) is 0.933. The summed E-state index contributed by atoms with van der Waals surface area (Å²) in [4.78, 5) is 14.5. The Kier molecular flexibility index (Phi) is 5.64. The summed E-state index contributed by atoms with van der Waals surface area (Å²) in [6.45, 7) is 7.15. The summed E-state index contributed by atoms with van der Waals surface area (Å²) in [7, 11) is 0. The third-order valence-electron chi connectivity index (χ3n) is 4.56. The van der Waals surface area contributed by atoms with Gasteiger partial charge in [0.1, 0.15) is 6.04 Å². The molecule has 2 aliphatic rings. The summed E-state index contributed by atoms with van der Waals surface area (Å²) in [6, 6.07) is 0.551. The number of hydrogen-bond acceptors (Lipinski definition) is 4. The van der Waals surface area contributed by atoms with E-state index in [-0.39, 0.29) is 12.0 Å². The van der Waals surface area contributed by atoms with Crippen LogP contribution in [0.4, 0.5) is 0 Å². The fourth-order valence-corrected chi connectivity index (χ4v) is 3.68. The molecule has 0 amide bonds. The number of carbonyl (C=O) groups is 1. The number of nitrogens with one attached hydrogen (secondary N) is 1. The highest BCUT2D eigenvalue weighted by atomic mass is 16.5. The zero-order valence-corrected chi connectivity index (χ0v) is 12.4. The average molecular weight is 268 g/mol. The lowest BCUT2D eigenvalue weighted by atomic mass is 9.85. The molecule has 4 nitrogen and oxygen atoms in total. The Morgan fingerprint density at radius 1 is 1.32 bits per heavy atom. The van der Waals surface area contributed by atoms with Gasteiger partial charge >= 0.3 is 5.97 Å². The summed E-state index contributed by atoms with van der Waals surface area (Å²) >= 11 is 0. The first kappa shape index (κ1) is 14.8. The van der Waals surface area contributed by atoms with Crippen molar-refractivity contribution < 1.29 is 9.53 Å². The minimum Gasteiger partial charge on any atom is -0.465 e. The fourth-order valence-electron chi connectivity index (χ4n) is 3.68. The predicted octanol–water partition coefficient (Wildman–Crippen LogP) is 1.79. The Hall–Kier alpha value is -0.610. The Morgan fingerprint density at radius 2 is 2.11 bits per heavy atom. The standard InChI is InChI=1S/C15H28N2O2/c1-3-16-13(15(18)19-4-2)11-17-10-9-12-7-5-6-8-14(12)17/h12-14,16H,3-11H2,1-2H3. The van der Waals surface area contributed by atoms with Crippen LogP contribution in [0.5, 0.6) is 0 Å². The van der Waals surface area contributed by atoms with Crippen LogP contribution >= 0.6 is 0 Å². The molecule has 0 bridgehead atoms. The van der Waals surface area contributed by atoms with E-state index in [2.05, 4.69) is 10.2 Å². The van der Waals surface area contributed by atoms with Gasteiger partial charge in [-0.2, -0.15) is 0 Å². The van der Waals surface area contributed by atoms with Gasteiger partial charge in [-0.05, 0) is 45.2 Å². The minimum atomic E-state index is -0.161. The van der Waals surface area contributed by atoms with Crippen LogP contribution in [0.1, 0.15) is 46.0 Å². The molecule has 2 fully saturated rings. The topological polar surface area (TPSA) is 41.6 Å². The van der Waals surface area contributed by atoms with E-state index in [1.807, 2.05) is 13.8 Å². The molecule has 0 radical (unpaired) electrons. The van der Waals surface area contributed by atoms with Crippen molar-refractivity contribution >= 4 is 5.97 Å². The van der Waals surface area contributed by atoms with Crippen LogP contribution < -0.4 is 5.32 Å². The van der Waals surface area contributed by atoms with Crippen molar-refractivity contribution in [2.75, 3.05) is 26.2 Å². The quantitative estimate of drug-likeness (QED) is 0.746. The third-order valence-corrected chi connectivity index (χ3v) is 4.56. The Bertz CT molecular complexity index is 296. The molecule has 110 valence electrons. The van der Waals surface area contributed by atoms with Gasteiger partial charge in [0.15, 0.2) is 0 Å². The summed E-state index contributed by atoms with van der Waals surface area (Å²) in [5.41, 5.74) is 0. The molecule has 4 heteroatoms. The first-order valence-corrected chi connectivity index (χ1v) is 7.90. The number of likely N-dealkylation sites (tertiary alicyclic amines) is 1. The van der Waals surface area contributed by atoms with Crippen molar-refractivity contribution in [1.82, 2.24) is 10.2 Å². The van der Waals surface area contributed by atoms with Crippen LogP contribution in [-0.4, -0.2) is 49.2 Å². The summed E-state index contributed by atoms with van der Waals surface area (Å²) < 4.78 is 5.17. The molecular formula is C15H28N2O2. The minimum absolute atomic E-state index is 0.0939. The monoisotopic (exact) mass is 268 g/mol. The van der Waals surface area contributed by atoms with E-state index in [9.17, 15) is 4.79 Å². The maximum atomic E-state index is 12.0. The van der Waals surface area contributed by atoms with Crippen molar-refractivity contribution in [3.8, 4) is 0 Å². The average Bonchev–Trinajstić information content (AvgIpc) is 2.82. The van der Waals surface area contributed by atoms with Gasteiger partial charge in [-0.15, -0.1) is 0 Å².